The van der Waals surface area contributed by atoms with E-state index in [1.807, 2.05) is 0 Å². The molecule has 0 fully saturated rings. The predicted octanol–water partition coefficient (Wildman–Crippen LogP) is 1.36. The van der Waals surface area contributed by atoms with Crippen molar-refractivity contribution in [2.24, 2.45) is 0 Å². The van der Waals surface area contributed by atoms with Crippen LogP contribution in [0.5, 0.6) is 0 Å². The molecule has 3 nitrogen and oxygen atoms in total. The number of carbonyl (C=O) groups is 1. The van der Waals surface area contributed by atoms with Crippen LogP contribution in [-0.2, 0) is 4.79 Å². The lowest BCUT2D eigenvalue weighted by Crippen LogP contribution is -2.35. The molecule has 0 aliphatic carbocycles. The minimum atomic E-state index is -0.610. The summed E-state index contributed by atoms with van der Waals surface area (Å²) in [7, 11) is 0. The smallest absolute Gasteiger partial charge is 0.234 e. The Balaban J connectivity index is 2.59. The summed E-state index contributed by atoms with van der Waals surface area (Å²) in [5, 5.41) is 5.25. The Bertz CT molecular complexity index is 469. The number of nitrogens with one attached hydrogen (secondary N) is 2. The van der Waals surface area contributed by atoms with E-state index in [1.165, 1.54) is 0 Å². The van der Waals surface area contributed by atoms with Crippen LogP contribution in [0.2, 0.25) is 0 Å². The van der Waals surface area contributed by atoms with Gasteiger partial charge in [0.05, 0.1) is 19.1 Å². The number of terminal acetylenes is 1. The van der Waals surface area contributed by atoms with E-state index < -0.39 is 17.7 Å². The van der Waals surface area contributed by atoms with Crippen molar-refractivity contribution in [2.75, 3.05) is 13.1 Å². The molecule has 0 saturated carbocycles. The van der Waals surface area contributed by atoms with E-state index in [2.05, 4.69) is 16.6 Å². The van der Waals surface area contributed by atoms with Crippen LogP contribution in [0.1, 0.15) is 18.5 Å². The van der Waals surface area contributed by atoms with E-state index in [9.17, 15) is 13.6 Å². The first-order chi connectivity index (χ1) is 8.54. The number of hydrogen-bond donors (Lipinski definition) is 2. The molecule has 1 unspecified atom stereocenters. The average Bonchev–Trinajstić information content (AvgIpc) is 2.32. The topological polar surface area (TPSA) is 41.1 Å². The van der Waals surface area contributed by atoms with Crippen LogP contribution in [0.25, 0.3) is 0 Å². The normalized spacial score (nSPS) is 11.7. The molecule has 0 heterocycles. The molecule has 0 saturated heterocycles. The molecular weight excluding hydrogens is 238 g/mol. The third-order valence-corrected chi connectivity index (χ3v) is 2.31. The number of rotatable bonds is 5. The van der Waals surface area contributed by atoms with Crippen LogP contribution < -0.4 is 10.6 Å². The highest BCUT2D eigenvalue weighted by atomic mass is 19.1. The summed E-state index contributed by atoms with van der Waals surface area (Å²) < 4.78 is 26.4. The highest BCUT2D eigenvalue weighted by Gasteiger charge is 2.14. The molecular formula is C13H14F2N2O. The summed E-state index contributed by atoms with van der Waals surface area (Å²) in [5.74, 6) is 0.894. The SMILES string of the molecule is C#CCNCC(=O)NC(C)c1cc(F)ccc1F. The average molecular weight is 252 g/mol. The van der Waals surface area contributed by atoms with E-state index in [0.717, 1.165) is 18.2 Å². The monoisotopic (exact) mass is 252 g/mol. The van der Waals surface area contributed by atoms with Crippen molar-refractivity contribution in [1.29, 1.82) is 0 Å². The van der Waals surface area contributed by atoms with Gasteiger partial charge >= 0.3 is 0 Å². The number of halogens is 2. The molecule has 18 heavy (non-hydrogen) atoms. The van der Waals surface area contributed by atoms with Gasteiger partial charge in [-0.15, -0.1) is 6.42 Å². The number of benzene rings is 1. The summed E-state index contributed by atoms with van der Waals surface area (Å²) in [5.41, 5.74) is 0.111. The molecule has 0 aliphatic heterocycles. The molecule has 5 heteroatoms. The van der Waals surface area contributed by atoms with Gasteiger partial charge in [0.15, 0.2) is 0 Å². The summed E-state index contributed by atoms with van der Waals surface area (Å²) in [4.78, 5) is 11.4. The zero-order chi connectivity index (χ0) is 13.5. The molecule has 0 aliphatic rings. The lowest BCUT2D eigenvalue weighted by Gasteiger charge is -2.15. The first-order valence-electron chi connectivity index (χ1n) is 5.43. The zero-order valence-electron chi connectivity index (χ0n) is 9.97. The predicted molar refractivity (Wildman–Crippen MR) is 64.6 cm³/mol. The lowest BCUT2D eigenvalue weighted by molar-refractivity contribution is -0.120. The van der Waals surface area contributed by atoms with Gasteiger partial charge in [0.25, 0.3) is 0 Å². The van der Waals surface area contributed by atoms with E-state index in [-0.39, 0.29) is 24.6 Å². The number of amides is 1. The van der Waals surface area contributed by atoms with Crippen LogP contribution in [0.15, 0.2) is 18.2 Å². The summed E-state index contributed by atoms with van der Waals surface area (Å²) in [6, 6.07) is 2.52. The Morgan fingerprint density at radius 1 is 1.50 bits per heavy atom. The largest absolute Gasteiger partial charge is 0.348 e. The van der Waals surface area contributed by atoms with Crippen LogP contribution in [0, 0.1) is 24.0 Å². The quantitative estimate of drug-likeness (QED) is 0.614. The Labute approximate surface area is 105 Å². The molecule has 1 aromatic rings. The fourth-order valence-corrected chi connectivity index (χ4v) is 1.46. The Hall–Kier alpha value is -1.93. The fraction of sp³-hybridized carbons (Fsp3) is 0.308. The van der Waals surface area contributed by atoms with Gasteiger partial charge in [-0.05, 0) is 25.1 Å². The van der Waals surface area contributed by atoms with Crippen molar-refractivity contribution >= 4 is 5.91 Å². The Morgan fingerprint density at radius 3 is 2.89 bits per heavy atom. The van der Waals surface area contributed by atoms with Crippen molar-refractivity contribution in [2.45, 2.75) is 13.0 Å². The molecule has 1 atom stereocenters. The van der Waals surface area contributed by atoms with Gasteiger partial charge in [0, 0.05) is 5.56 Å². The van der Waals surface area contributed by atoms with E-state index in [0.29, 0.717) is 0 Å². The lowest BCUT2D eigenvalue weighted by atomic mass is 10.1. The van der Waals surface area contributed by atoms with Gasteiger partial charge in [0.1, 0.15) is 11.6 Å². The Kier molecular flexibility index (Phi) is 5.28. The van der Waals surface area contributed by atoms with Crippen LogP contribution in [0.4, 0.5) is 8.78 Å². The molecule has 1 aromatic carbocycles. The maximum absolute atomic E-state index is 13.4. The van der Waals surface area contributed by atoms with Crippen molar-refractivity contribution in [1.82, 2.24) is 10.6 Å². The minimum absolute atomic E-state index is 0.0332. The van der Waals surface area contributed by atoms with Gasteiger partial charge in [-0.1, -0.05) is 5.92 Å². The van der Waals surface area contributed by atoms with E-state index in [4.69, 9.17) is 6.42 Å². The standard InChI is InChI=1S/C13H14F2N2O/c1-3-6-16-8-13(18)17-9(2)11-7-10(14)4-5-12(11)15/h1,4-5,7,9,16H,6,8H2,2H3,(H,17,18). The van der Waals surface area contributed by atoms with Gasteiger partial charge in [-0.25, -0.2) is 8.78 Å². The van der Waals surface area contributed by atoms with Crippen molar-refractivity contribution in [3.8, 4) is 12.3 Å². The molecule has 0 spiro atoms. The Morgan fingerprint density at radius 2 is 2.22 bits per heavy atom. The molecule has 96 valence electrons. The highest BCUT2D eigenvalue weighted by Crippen LogP contribution is 2.17. The maximum Gasteiger partial charge on any atom is 0.234 e. The maximum atomic E-state index is 13.4. The molecule has 2 N–H and O–H groups in total. The fourth-order valence-electron chi connectivity index (χ4n) is 1.46. The summed E-state index contributed by atoms with van der Waals surface area (Å²) in [6.45, 7) is 1.89. The first kappa shape index (κ1) is 14.1. The van der Waals surface area contributed by atoms with E-state index in [1.54, 1.807) is 6.92 Å². The zero-order valence-corrected chi connectivity index (χ0v) is 9.97. The third kappa shape index (κ3) is 4.15. The van der Waals surface area contributed by atoms with Crippen LogP contribution in [-0.4, -0.2) is 19.0 Å². The molecule has 0 radical (unpaired) electrons. The molecule has 0 aromatic heterocycles. The summed E-state index contributed by atoms with van der Waals surface area (Å²) in [6.07, 6.45) is 5.01. The van der Waals surface area contributed by atoms with Gasteiger partial charge < -0.3 is 5.32 Å². The van der Waals surface area contributed by atoms with Crippen molar-refractivity contribution < 1.29 is 13.6 Å². The second-order valence-electron chi connectivity index (χ2n) is 3.76. The second kappa shape index (κ2) is 6.72. The first-order valence-corrected chi connectivity index (χ1v) is 5.43. The van der Waals surface area contributed by atoms with Crippen molar-refractivity contribution in [3.63, 3.8) is 0 Å². The minimum Gasteiger partial charge on any atom is -0.348 e. The number of hydrogen-bond acceptors (Lipinski definition) is 2. The van der Waals surface area contributed by atoms with Gasteiger partial charge in [0.2, 0.25) is 5.91 Å². The molecule has 0 bridgehead atoms. The van der Waals surface area contributed by atoms with Gasteiger partial charge in [-0.2, -0.15) is 0 Å². The number of carbonyl (C=O) groups excluding carboxylic acids is 1. The molecule has 1 amide bonds. The summed E-state index contributed by atoms with van der Waals surface area (Å²) >= 11 is 0. The van der Waals surface area contributed by atoms with Crippen LogP contribution >= 0.6 is 0 Å². The van der Waals surface area contributed by atoms with Crippen molar-refractivity contribution in [3.05, 3.63) is 35.4 Å². The molecule has 1 rings (SSSR count). The van der Waals surface area contributed by atoms with Gasteiger partial charge in [-0.3, -0.25) is 10.1 Å². The second-order valence-corrected chi connectivity index (χ2v) is 3.76. The van der Waals surface area contributed by atoms with E-state index >= 15 is 0 Å². The highest BCUT2D eigenvalue weighted by molar-refractivity contribution is 5.78. The van der Waals surface area contributed by atoms with Crippen LogP contribution in [0.3, 0.4) is 0 Å². The third-order valence-electron chi connectivity index (χ3n) is 2.31.